The summed E-state index contributed by atoms with van der Waals surface area (Å²) >= 11 is 0. The first-order valence-electron chi connectivity index (χ1n) is 13.9. The zero-order valence-corrected chi connectivity index (χ0v) is 24.2. The van der Waals surface area contributed by atoms with Crippen molar-refractivity contribution in [3.8, 4) is 11.5 Å². The van der Waals surface area contributed by atoms with Crippen LogP contribution in [-0.2, 0) is 5.41 Å². The predicted molar refractivity (Wildman–Crippen MR) is 164 cm³/mol. The Labute approximate surface area is 238 Å². The monoisotopic (exact) mass is 532 g/mol. The minimum Gasteiger partial charge on any atom is -0.462 e. The molecule has 40 heavy (non-hydrogen) atoms. The van der Waals surface area contributed by atoms with Gasteiger partial charge in [0.15, 0.2) is 0 Å². The lowest BCUT2D eigenvalue weighted by Crippen LogP contribution is -2.36. The van der Waals surface area contributed by atoms with Crippen LogP contribution in [0.1, 0.15) is 64.2 Å². The van der Waals surface area contributed by atoms with Crippen molar-refractivity contribution in [2.75, 3.05) is 0 Å². The van der Waals surface area contributed by atoms with Crippen molar-refractivity contribution in [3.05, 3.63) is 143 Å². The summed E-state index contributed by atoms with van der Waals surface area (Å²) in [5.74, 6) is 3.37. The Morgan fingerprint density at radius 3 is 1.35 bits per heavy atom. The molecule has 0 heterocycles. The number of nitrogens with two attached hydrogens (primary N) is 2. The van der Waals surface area contributed by atoms with Crippen LogP contribution in [-0.4, -0.2) is 11.1 Å². The normalized spacial score (nSPS) is 24.2. The molecule has 2 atom stereocenters. The van der Waals surface area contributed by atoms with Gasteiger partial charge in [0, 0.05) is 29.3 Å². The molecule has 0 spiro atoms. The third-order valence-electron chi connectivity index (χ3n) is 7.71. The number of hydrogen-bond acceptors (Lipinski definition) is 4. The maximum absolute atomic E-state index is 6.39. The zero-order chi connectivity index (χ0) is 28.5. The molecule has 0 bridgehead atoms. The SMILES string of the molecule is CC1=CC(C)(N)CC(Oc2ccc(C(C)(c3ccccc3)c3ccc(OC4=CC(C)=CC(C)(N)C4)cc3)cc2)=C1. The number of allylic oxidation sites excluding steroid dienone is 4. The van der Waals surface area contributed by atoms with Gasteiger partial charge in [-0.05, 0) is 98.9 Å². The summed E-state index contributed by atoms with van der Waals surface area (Å²) < 4.78 is 12.5. The van der Waals surface area contributed by atoms with Gasteiger partial charge in [-0.15, -0.1) is 0 Å². The maximum Gasteiger partial charge on any atom is 0.126 e. The predicted octanol–water partition coefficient (Wildman–Crippen LogP) is 7.70. The minimum absolute atomic E-state index is 0.378. The summed E-state index contributed by atoms with van der Waals surface area (Å²) in [6.45, 7) is 10.4. The molecule has 206 valence electrons. The Hall–Kier alpha value is -3.86. The molecule has 0 aromatic heterocycles. The highest BCUT2D eigenvalue weighted by atomic mass is 16.5. The van der Waals surface area contributed by atoms with E-state index in [0.717, 1.165) is 34.2 Å². The van der Waals surface area contributed by atoms with E-state index in [1.165, 1.54) is 16.7 Å². The molecule has 0 radical (unpaired) electrons. The molecule has 0 amide bonds. The first kappa shape index (κ1) is 27.7. The van der Waals surface area contributed by atoms with Gasteiger partial charge < -0.3 is 20.9 Å². The quantitative estimate of drug-likeness (QED) is 0.306. The molecule has 4 N–H and O–H groups in total. The molecule has 3 aromatic carbocycles. The third kappa shape index (κ3) is 6.14. The maximum atomic E-state index is 6.39. The molecule has 0 aliphatic heterocycles. The standard InChI is InChI=1S/C36H40N2O2/c1-25-19-32(23-34(3,37)21-25)39-30-15-11-28(12-16-30)36(5,27-9-7-6-8-10-27)29-13-17-31(18-14-29)40-33-20-26(2)22-35(4,38)24-33/h6-22H,23-24,37-38H2,1-5H3. The highest BCUT2D eigenvalue weighted by molar-refractivity contribution is 5.51. The van der Waals surface area contributed by atoms with E-state index in [1.807, 2.05) is 38.1 Å². The molecule has 5 rings (SSSR count). The van der Waals surface area contributed by atoms with E-state index < -0.39 is 11.1 Å². The van der Waals surface area contributed by atoms with Crippen LogP contribution >= 0.6 is 0 Å². The highest BCUT2D eigenvalue weighted by Gasteiger charge is 2.31. The summed E-state index contributed by atoms with van der Waals surface area (Å²) in [6.07, 6.45) is 9.64. The molecule has 3 aromatic rings. The Bertz CT molecular complexity index is 1400. The van der Waals surface area contributed by atoms with E-state index in [-0.39, 0.29) is 5.41 Å². The summed E-state index contributed by atoms with van der Waals surface area (Å²) in [5, 5.41) is 0. The Kier molecular flexibility index (Phi) is 7.34. The second kappa shape index (κ2) is 10.6. The lowest BCUT2D eigenvalue weighted by Gasteiger charge is -2.32. The minimum atomic E-state index is -0.400. The fourth-order valence-electron chi connectivity index (χ4n) is 6.00. The van der Waals surface area contributed by atoms with E-state index in [9.17, 15) is 0 Å². The molecule has 4 nitrogen and oxygen atoms in total. The molecule has 0 saturated heterocycles. The van der Waals surface area contributed by atoms with Gasteiger partial charge in [0.2, 0.25) is 0 Å². The Balaban J connectivity index is 1.42. The van der Waals surface area contributed by atoms with Crippen LogP contribution in [0, 0.1) is 0 Å². The summed E-state index contributed by atoms with van der Waals surface area (Å²) in [4.78, 5) is 0. The lowest BCUT2D eigenvalue weighted by molar-refractivity contribution is 0.366. The molecule has 0 fully saturated rings. The molecule has 0 saturated carbocycles. The van der Waals surface area contributed by atoms with Gasteiger partial charge in [-0.3, -0.25) is 0 Å². The van der Waals surface area contributed by atoms with Gasteiger partial charge in [-0.2, -0.15) is 0 Å². The van der Waals surface area contributed by atoms with Crippen LogP contribution in [0.2, 0.25) is 0 Å². The van der Waals surface area contributed by atoms with Gasteiger partial charge in [0.25, 0.3) is 0 Å². The molecule has 2 aliphatic carbocycles. The number of ether oxygens (including phenoxy) is 2. The number of benzene rings is 3. The molecule has 4 heteroatoms. The summed E-state index contributed by atoms with van der Waals surface area (Å²) in [7, 11) is 0. The van der Waals surface area contributed by atoms with E-state index in [1.54, 1.807) is 0 Å². The fourth-order valence-corrected chi connectivity index (χ4v) is 6.00. The van der Waals surface area contributed by atoms with Crippen LogP contribution < -0.4 is 20.9 Å². The number of rotatable bonds is 7. The van der Waals surface area contributed by atoms with Gasteiger partial charge in [-0.1, -0.05) is 66.7 Å². The van der Waals surface area contributed by atoms with Gasteiger partial charge >= 0.3 is 0 Å². The Morgan fingerprint density at radius 1 is 0.600 bits per heavy atom. The second-order valence-electron chi connectivity index (χ2n) is 12.1. The van der Waals surface area contributed by atoms with E-state index >= 15 is 0 Å². The molecule has 2 aliphatic rings. The summed E-state index contributed by atoms with van der Waals surface area (Å²) in [6, 6.07) is 27.4. The van der Waals surface area contributed by atoms with Crippen molar-refractivity contribution in [3.63, 3.8) is 0 Å². The van der Waals surface area contributed by atoms with Gasteiger partial charge in [-0.25, -0.2) is 0 Å². The second-order valence-corrected chi connectivity index (χ2v) is 12.1. The van der Waals surface area contributed by atoms with Crippen LogP contribution in [0.5, 0.6) is 11.5 Å². The van der Waals surface area contributed by atoms with Gasteiger partial charge in [0.1, 0.15) is 23.0 Å². The first-order chi connectivity index (χ1) is 18.9. The zero-order valence-electron chi connectivity index (χ0n) is 24.2. The van der Waals surface area contributed by atoms with E-state index in [4.69, 9.17) is 20.9 Å². The summed E-state index contributed by atoms with van der Waals surface area (Å²) in [5.41, 5.74) is 17.4. The van der Waals surface area contributed by atoms with Crippen LogP contribution in [0.15, 0.2) is 126 Å². The van der Waals surface area contributed by atoms with Crippen molar-refractivity contribution in [1.29, 1.82) is 0 Å². The largest absolute Gasteiger partial charge is 0.462 e. The van der Waals surface area contributed by atoms with Gasteiger partial charge in [0.05, 0.1) is 0 Å². The lowest BCUT2D eigenvalue weighted by atomic mass is 9.71. The van der Waals surface area contributed by atoms with Crippen LogP contribution in [0.25, 0.3) is 0 Å². The molecule has 2 unspecified atom stereocenters. The van der Waals surface area contributed by atoms with Crippen LogP contribution in [0.3, 0.4) is 0 Å². The topological polar surface area (TPSA) is 70.5 Å². The first-order valence-corrected chi connectivity index (χ1v) is 13.9. The van der Waals surface area contributed by atoms with Crippen molar-refractivity contribution in [1.82, 2.24) is 0 Å². The number of hydrogen-bond donors (Lipinski definition) is 2. The highest BCUT2D eigenvalue weighted by Crippen LogP contribution is 2.40. The van der Waals surface area contributed by atoms with Crippen molar-refractivity contribution >= 4 is 0 Å². The average Bonchev–Trinajstić information content (AvgIpc) is 2.87. The molecular weight excluding hydrogens is 492 g/mol. The smallest absolute Gasteiger partial charge is 0.126 e. The van der Waals surface area contributed by atoms with Crippen molar-refractivity contribution < 1.29 is 9.47 Å². The fraction of sp³-hybridized carbons (Fsp3) is 0.278. The Morgan fingerprint density at radius 2 is 0.975 bits per heavy atom. The molecular formula is C36H40N2O2. The third-order valence-corrected chi connectivity index (χ3v) is 7.71. The van der Waals surface area contributed by atoms with E-state index in [0.29, 0.717) is 12.8 Å². The average molecular weight is 533 g/mol. The van der Waals surface area contributed by atoms with E-state index in [2.05, 4.69) is 99.7 Å². The van der Waals surface area contributed by atoms with Crippen molar-refractivity contribution in [2.24, 2.45) is 11.5 Å². The van der Waals surface area contributed by atoms with Crippen LogP contribution in [0.4, 0.5) is 0 Å². The van der Waals surface area contributed by atoms with Crippen molar-refractivity contribution in [2.45, 2.75) is 64.0 Å².